The van der Waals surface area contributed by atoms with Crippen molar-refractivity contribution in [1.29, 1.82) is 0 Å². The molecule has 7 heteroatoms. The minimum Gasteiger partial charge on any atom is -0.351 e. The van der Waals surface area contributed by atoms with E-state index in [4.69, 9.17) is 4.52 Å². The highest BCUT2D eigenvalue weighted by atomic mass is 19.1. The van der Waals surface area contributed by atoms with E-state index in [1.807, 2.05) is 13.8 Å². The second-order valence-corrected chi connectivity index (χ2v) is 5.60. The Kier molecular flexibility index (Phi) is 4.16. The van der Waals surface area contributed by atoms with Crippen molar-refractivity contribution >= 4 is 5.91 Å². The van der Waals surface area contributed by atoms with Crippen LogP contribution in [0.15, 0.2) is 41.1 Å². The van der Waals surface area contributed by atoms with Crippen LogP contribution in [0.3, 0.4) is 0 Å². The summed E-state index contributed by atoms with van der Waals surface area (Å²) in [6.45, 7) is 5.51. The maximum Gasteiger partial charge on any atom is 0.290 e. The van der Waals surface area contributed by atoms with Crippen LogP contribution < -0.4 is 5.32 Å². The molecule has 0 aliphatic carbocycles. The number of nitrogens with one attached hydrogen (secondary N) is 1. The number of hydrogen-bond donors (Lipinski definition) is 1. The Morgan fingerprint density at radius 1 is 1.29 bits per heavy atom. The molecule has 1 unspecified atom stereocenters. The zero-order valence-electron chi connectivity index (χ0n) is 13.6. The highest BCUT2D eigenvalue weighted by Crippen LogP contribution is 2.20. The lowest BCUT2D eigenvalue weighted by molar-refractivity contribution is 0.0902. The van der Waals surface area contributed by atoms with Crippen molar-refractivity contribution in [3.05, 3.63) is 65.1 Å². The zero-order chi connectivity index (χ0) is 17.3. The zero-order valence-corrected chi connectivity index (χ0v) is 13.6. The third-order valence-electron chi connectivity index (χ3n) is 3.78. The summed E-state index contributed by atoms with van der Waals surface area (Å²) in [4.78, 5) is 12.2. The third kappa shape index (κ3) is 3.05. The smallest absolute Gasteiger partial charge is 0.290 e. The monoisotopic (exact) mass is 328 g/mol. The van der Waals surface area contributed by atoms with Crippen LogP contribution in [0.1, 0.15) is 40.5 Å². The van der Waals surface area contributed by atoms with Crippen LogP contribution in [0.5, 0.6) is 0 Å². The molecule has 1 N–H and O–H groups in total. The van der Waals surface area contributed by atoms with Gasteiger partial charge in [-0.05, 0) is 45.0 Å². The van der Waals surface area contributed by atoms with Gasteiger partial charge >= 0.3 is 0 Å². The van der Waals surface area contributed by atoms with Gasteiger partial charge in [0.05, 0.1) is 23.6 Å². The number of carbonyl (C=O) groups is 1. The van der Waals surface area contributed by atoms with E-state index >= 15 is 0 Å². The van der Waals surface area contributed by atoms with Crippen LogP contribution >= 0.6 is 0 Å². The van der Waals surface area contributed by atoms with Crippen molar-refractivity contribution in [2.45, 2.75) is 26.8 Å². The molecular weight excluding hydrogens is 311 g/mol. The molecule has 0 saturated carbocycles. The molecule has 6 nitrogen and oxygen atoms in total. The van der Waals surface area contributed by atoms with Crippen molar-refractivity contribution in [3.63, 3.8) is 0 Å². The summed E-state index contributed by atoms with van der Waals surface area (Å²) in [5, 5.41) is 10.9. The van der Waals surface area contributed by atoms with E-state index < -0.39 is 0 Å². The van der Waals surface area contributed by atoms with Gasteiger partial charge in [0.15, 0.2) is 0 Å². The largest absolute Gasteiger partial charge is 0.351 e. The molecule has 0 aliphatic rings. The lowest BCUT2D eigenvalue weighted by Crippen LogP contribution is -2.26. The van der Waals surface area contributed by atoms with Crippen LogP contribution in [0.4, 0.5) is 4.39 Å². The van der Waals surface area contributed by atoms with Gasteiger partial charge in [0, 0.05) is 17.3 Å². The average Bonchev–Trinajstić information content (AvgIpc) is 3.14. The Bertz CT molecular complexity index is 867. The molecule has 24 heavy (non-hydrogen) atoms. The van der Waals surface area contributed by atoms with E-state index in [9.17, 15) is 9.18 Å². The molecule has 3 aromatic rings. The third-order valence-corrected chi connectivity index (χ3v) is 3.78. The Morgan fingerprint density at radius 2 is 2.00 bits per heavy atom. The van der Waals surface area contributed by atoms with Crippen molar-refractivity contribution in [2.75, 3.05) is 0 Å². The molecule has 0 spiro atoms. The molecule has 0 radical (unpaired) electrons. The highest BCUT2D eigenvalue weighted by Gasteiger charge is 2.19. The van der Waals surface area contributed by atoms with Crippen LogP contribution in [-0.2, 0) is 0 Å². The fraction of sp³-hybridized carbons (Fsp3) is 0.235. The van der Waals surface area contributed by atoms with Gasteiger partial charge in [-0.25, -0.2) is 9.07 Å². The van der Waals surface area contributed by atoms with Crippen LogP contribution in [0, 0.1) is 19.7 Å². The predicted molar refractivity (Wildman–Crippen MR) is 85.4 cm³/mol. The Balaban J connectivity index is 1.79. The Morgan fingerprint density at radius 3 is 2.62 bits per heavy atom. The molecule has 0 fully saturated rings. The minimum atomic E-state index is -0.336. The molecule has 0 saturated heterocycles. The highest BCUT2D eigenvalue weighted by molar-refractivity contribution is 5.91. The first-order valence-electron chi connectivity index (χ1n) is 7.50. The van der Waals surface area contributed by atoms with Crippen LogP contribution in [-0.4, -0.2) is 20.8 Å². The summed E-state index contributed by atoms with van der Waals surface area (Å²) in [5.41, 5.74) is 3.13. The average molecular weight is 328 g/mol. The number of rotatable bonds is 4. The molecule has 3 rings (SSSR count). The van der Waals surface area contributed by atoms with Gasteiger partial charge in [-0.2, -0.15) is 5.10 Å². The molecular formula is C17H17FN4O2. The summed E-state index contributed by atoms with van der Waals surface area (Å²) in [6, 6.07) is 7.38. The van der Waals surface area contributed by atoms with Crippen molar-refractivity contribution in [2.24, 2.45) is 0 Å². The summed E-state index contributed by atoms with van der Waals surface area (Å²) in [7, 11) is 0. The van der Waals surface area contributed by atoms with E-state index in [0.29, 0.717) is 5.69 Å². The van der Waals surface area contributed by atoms with Gasteiger partial charge in [-0.3, -0.25) is 4.79 Å². The second kappa shape index (κ2) is 6.27. The van der Waals surface area contributed by atoms with Gasteiger partial charge < -0.3 is 9.84 Å². The van der Waals surface area contributed by atoms with Crippen molar-refractivity contribution < 1.29 is 13.7 Å². The molecule has 1 atom stereocenters. The van der Waals surface area contributed by atoms with E-state index in [1.54, 1.807) is 36.0 Å². The standard InChI is InChI=1S/C17H17FN4O2/c1-10-8-16(24-21-10)17(23)20-11(2)15-9-19-22(12(15)3)14-6-4-13(18)5-7-14/h4-9,11H,1-3H3,(H,20,23). The molecule has 124 valence electrons. The SMILES string of the molecule is Cc1cc(C(=O)NC(C)c2cnn(-c3ccc(F)cc3)c2C)on1. The van der Waals surface area contributed by atoms with Gasteiger partial charge in [0.25, 0.3) is 5.91 Å². The van der Waals surface area contributed by atoms with Crippen LogP contribution in [0.25, 0.3) is 5.69 Å². The van der Waals surface area contributed by atoms with Crippen LogP contribution in [0.2, 0.25) is 0 Å². The number of carbonyl (C=O) groups excluding carboxylic acids is 1. The topological polar surface area (TPSA) is 73.0 Å². The quantitative estimate of drug-likeness (QED) is 0.799. The van der Waals surface area contributed by atoms with Gasteiger partial charge in [-0.15, -0.1) is 0 Å². The summed E-state index contributed by atoms with van der Waals surface area (Å²) in [6.07, 6.45) is 1.69. The Labute approximate surface area is 138 Å². The number of amides is 1. The normalized spacial score (nSPS) is 12.2. The van der Waals surface area contributed by atoms with Gasteiger partial charge in [0.2, 0.25) is 5.76 Å². The maximum absolute atomic E-state index is 13.1. The van der Waals surface area contributed by atoms with E-state index in [0.717, 1.165) is 16.9 Å². The molecule has 2 heterocycles. The fourth-order valence-corrected chi connectivity index (χ4v) is 2.51. The lowest BCUT2D eigenvalue weighted by Gasteiger charge is -2.13. The molecule has 2 aromatic heterocycles. The number of halogens is 1. The number of aromatic nitrogens is 3. The van der Waals surface area contributed by atoms with Crippen molar-refractivity contribution in [3.8, 4) is 5.69 Å². The van der Waals surface area contributed by atoms with E-state index in [-0.39, 0.29) is 23.5 Å². The number of benzene rings is 1. The first-order chi connectivity index (χ1) is 11.5. The number of hydrogen-bond acceptors (Lipinski definition) is 4. The van der Waals surface area contributed by atoms with Gasteiger partial charge in [-0.1, -0.05) is 5.16 Å². The predicted octanol–water partition coefficient (Wildman–Crippen LogP) is 3.11. The first kappa shape index (κ1) is 15.9. The number of nitrogens with zero attached hydrogens (tertiary/aromatic N) is 3. The molecule has 0 bridgehead atoms. The van der Waals surface area contributed by atoms with E-state index in [2.05, 4.69) is 15.6 Å². The summed E-state index contributed by atoms with van der Waals surface area (Å²) < 4.78 is 19.7. The first-order valence-corrected chi connectivity index (χ1v) is 7.50. The van der Waals surface area contributed by atoms with E-state index in [1.165, 1.54) is 12.1 Å². The molecule has 0 aliphatic heterocycles. The summed E-state index contributed by atoms with van der Waals surface area (Å²) >= 11 is 0. The van der Waals surface area contributed by atoms with Gasteiger partial charge in [0.1, 0.15) is 5.82 Å². The Hall–Kier alpha value is -2.96. The lowest BCUT2D eigenvalue weighted by atomic mass is 10.1. The molecule has 1 amide bonds. The maximum atomic E-state index is 13.1. The second-order valence-electron chi connectivity index (χ2n) is 5.60. The van der Waals surface area contributed by atoms with Crippen molar-refractivity contribution in [1.82, 2.24) is 20.3 Å². The fourth-order valence-electron chi connectivity index (χ4n) is 2.51. The molecule has 1 aromatic carbocycles. The number of aryl methyl sites for hydroxylation is 1. The minimum absolute atomic E-state index is 0.169. The summed E-state index contributed by atoms with van der Waals surface area (Å²) in [5.74, 6) is -0.466.